The van der Waals surface area contributed by atoms with E-state index in [2.05, 4.69) is 0 Å². The molecule has 3 aromatic rings. The Kier molecular flexibility index (Phi) is 3.16. The van der Waals surface area contributed by atoms with Gasteiger partial charge in [-0.15, -0.1) is 0 Å². The summed E-state index contributed by atoms with van der Waals surface area (Å²) in [5.74, 6) is 0.664. The molecule has 2 heterocycles. The standard InChI is InChI=1S/C18H14ClNO2/c19-12-7-9-13(10-8-12)20-16-6-2-1-4-14(16)17(21)15-5-3-11-22-18(15)20/h1-2,4,6-10H,3,5,11H2. The summed E-state index contributed by atoms with van der Waals surface area (Å²) < 4.78 is 7.87. The largest absolute Gasteiger partial charge is 0.478 e. The lowest BCUT2D eigenvalue weighted by Crippen LogP contribution is -2.23. The molecule has 1 aromatic heterocycles. The van der Waals surface area contributed by atoms with Crippen molar-refractivity contribution in [1.82, 2.24) is 4.57 Å². The number of nitrogens with zero attached hydrogens (tertiary/aromatic N) is 1. The highest BCUT2D eigenvalue weighted by atomic mass is 35.5. The molecular weight excluding hydrogens is 298 g/mol. The summed E-state index contributed by atoms with van der Waals surface area (Å²) in [7, 11) is 0. The summed E-state index contributed by atoms with van der Waals surface area (Å²) in [5, 5.41) is 1.41. The quantitative estimate of drug-likeness (QED) is 0.681. The first-order valence-electron chi connectivity index (χ1n) is 7.31. The number of aromatic nitrogens is 1. The van der Waals surface area contributed by atoms with Gasteiger partial charge in [0.05, 0.1) is 17.7 Å². The lowest BCUT2D eigenvalue weighted by atomic mass is 10.0. The number of hydrogen-bond acceptors (Lipinski definition) is 2. The van der Waals surface area contributed by atoms with E-state index in [0.717, 1.165) is 35.0 Å². The predicted octanol–water partition coefficient (Wildman–Crippen LogP) is 3.97. The SMILES string of the molecule is O=c1c2c(n(-c3ccc(Cl)cc3)c3ccccc13)OCCC2. The van der Waals surface area contributed by atoms with Gasteiger partial charge in [0, 0.05) is 16.1 Å². The van der Waals surface area contributed by atoms with Crippen LogP contribution in [0.15, 0.2) is 53.3 Å². The molecule has 0 atom stereocenters. The van der Waals surface area contributed by atoms with E-state index in [-0.39, 0.29) is 5.43 Å². The van der Waals surface area contributed by atoms with E-state index < -0.39 is 0 Å². The molecule has 0 saturated heterocycles. The number of rotatable bonds is 1. The van der Waals surface area contributed by atoms with Crippen LogP contribution in [0.4, 0.5) is 0 Å². The molecule has 0 bridgehead atoms. The van der Waals surface area contributed by atoms with Crippen LogP contribution >= 0.6 is 11.6 Å². The van der Waals surface area contributed by atoms with Crippen molar-refractivity contribution in [1.29, 1.82) is 0 Å². The van der Waals surface area contributed by atoms with E-state index in [4.69, 9.17) is 16.3 Å². The molecule has 1 aliphatic rings. The Morgan fingerprint density at radius 1 is 1.05 bits per heavy atom. The zero-order chi connectivity index (χ0) is 15.1. The zero-order valence-corrected chi connectivity index (χ0v) is 12.6. The van der Waals surface area contributed by atoms with Crippen LogP contribution in [0.3, 0.4) is 0 Å². The molecular formula is C18H14ClNO2. The van der Waals surface area contributed by atoms with E-state index in [1.54, 1.807) is 0 Å². The van der Waals surface area contributed by atoms with E-state index >= 15 is 0 Å². The van der Waals surface area contributed by atoms with Crippen molar-refractivity contribution in [2.24, 2.45) is 0 Å². The number of ether oxygens (including phenoxy) is 1. The number of fused-ring (bicyclic) bond motifs is 2. The molecule has 0 aliphatic carbocycles. The van der Waals surface area contributed by atoms with Gasteiger partial charge in [0.25, 0.3) is 0 Å². The van der Waals surface area contributed by atoms with Crippen molar-refractivity contribution in [2.75, 3.05) is 6.61 Å². The van der Waals surface area contributed by atoms with Gasteiger partial charge in [0.1, 0.15) is 0 Å². The van der Waals surface area contributed by atoms with Gasteiger partial charge in [0.15, 0.2) is 5.43 Å². The molecule has 0 amide bonds. The topological polar surface area (TPSA) is 31.2 Å². The van der Waals surface area contributed by atoms with E-state index in [9.17, 15) is 4.79 Å². The van der Waals surface area contributed by atoms with Crippen molar-refractivity contribution in [3.05, 3.63) is 69.3 Å². The molecule has 110 valence electrons. The van der Waals surface area contributed by atoms with Crippen LogP contribution < -0.4 is 10.2 Å². The first-order valence-corrected chi connectivity index (χ1v) is 7.69. The van der Waals surface area contributed by atoms with Crippen LogP contribution in [0.5, 0.6) is 5.88 Å². The molecule has 0 spiro atoms. The summed E-state index contributed by atoms with van der Waals surface area (Å²) in [6, 6.07) is 15.2. The lowest BCUT2D eigenvalue weighted by Gasteiger charge is -2.23. The highest BCUT2D eigenvalue weighted by Gasteiger charge is 2.21. The summed E-state index contributed by atoms with van der Waals surface area (Å²) >= 11 is 6.00. The minimum atomic E-state index is 0.0792. The first-order chi connectivity index (χ1) is 10.8. The third kappa shape index (κ3) is 2.01. The molecule has 4 rings (SSSR count). The second-order valence-corrected chi connectivity index (χ2v) is 5.83. The molecule has 3 nitrogen and oxygen atoms in total. The van der Waals surface area contributed by atoms with E-state index in [0.29, 0.717) is 17.5 Å². The highest BCUT2D eigenvalue weighted by Crippen LogP contribution is 2.30. The predicted molar refractivity (Wildman–Crippen MR) is 88.4 cm³/mol. The molecule has 0 N–H and O–H groups in total. The lowest BCUT2D eigenvalue weighted by molar-refractivity contribution is 0.270. The normalized spacial score (nSPS) is 13.7. The molecule has 1 aliphatic heterocycles. The third-order valence-electron chi connectivity index (χ3n) is 4.02. The average Bonchev–Trinajstić information content (AvgIpc) is 2.57. The van der Waals surface area contributed by atoms with Gasteiger partial charge >= 0.3 is 0 Å². The van der Waals surface area contributed by atoms with E-state index in [1.807, 2.05) is 53.1 Å². The fraction of sp³-hybridized carbons (Fsp3) is 0.167. The van der Waals surface area contributed by atoms with Crippen LogP contribution in [-0.2, 0) is 6.42 Å². The Hall–Kier alpha value is -2.26. The zero-order valence-electron chi connectivity index (χ0n) is 11.9. The van der Waals surface area contributed by atoms with Crippen molar-refractivity contribution in [2.45, 2.75) is 12.8 Å². The molecule has 0 saturated carbocycles. The van der Waals surface area contributed by atoms with Gasteiger partial charge in [-0.3, -0.25) is 9.36 Å². The maximum Gasteiger partial charge on any atom is 0.205 e. The van der Waals surface area contributed by atoms with Crippen LogP contribution in [0, 0.1) is 0 Å². The second kappa shape index (κ2) is 5.18. The van der Waals surface area contributed by atoms with E-state index in [1.165, 1.54) is 0 Å². The van der Waals surface area contributed by atoms with Gasteiger partial charge in [0.2, 0.25) is 5.88 Å². The summed E-state index contributed by atoms with van der Waals surface area (Å²) in [5.41, 5.74) is 2.64. The highest BCUT2D eigenvalue weighted by molar-refractivity contribution is 6.30. The monoisotopic (exact) mass is 311 g/mol. The second-order valence-electron chi connectivity index (χ2n) is 5.39. The maximum atomic E-state index is 12.7. The van der Waals surface area contributed by atoms with Crippen LogP contribution in [-0.4, -0.2) is 11.2 Å². The van der Waals surface area contributed by atoms with Crippen molar-refractivity contribution in [3.63, 3.8) is 0 Å². The summed E-state index contributed by atoms with van der Waals surface area (Å²) in [6.07, 6.45) is 1.63. The molecule has 0 radical (unpaired) electrons. The smallest absolute Gasteiger partial charge is 0.205 e. The van der Waals surface area contributed by atoms with Crippen LogP contribution in [0.25, 0.3) is 16.6 Å². The van der Waals surface area contributed by atoms with Crippen molar-refractivity contribution < 1.29 is 4.74 Å². The molecule has 0 fully saturated rings. The van der Waals surface area contributed by atoms with Gasteiger partial charge in [-0.25, -0.2) is 0 Å². The van der Waals surface area contributed by atoms with Crippen molar-refractivity contribution in [3.8, 4) is 11.6 Å². The number of pyridine rings is 1. The minimum absolute atomic E-state index is 0.0792. The van der Waals surface area contributed by atoms with Gasteiger partial charge < -0.3 is 4.74 Å². The number of halogens is 1. The molecule has 4 heteroatoms. The van der Waals surface area contributed by atoms with Crippen molar-refractivity contribution >= 4 is 22.5 Å². The Morgan fingerprint density at radius 3 is 2.64 bits per heavy atom. The van der Waals surface area contributed by atoms with Crippen LogP contribution in [0.2, 0.25) is 5.02 Å². The van der Waals surface area contributed by atoms with Gasteiger partial charge in [-0.2, -0.15) is 0 Å². The Morgan fingerprint density at radius 2 is 1.82 bits per heavy atom. The fourth-order valence-corrected chi connectivity index (χ4v) is 3.13. The molecule has 0 unspecified atom stereocenters. The third-order valence-corrected chi connectivity index (χ3v) is 4.27. The van der Waals surface area contributed by atoms with Gasteiger partial charge in [-0.05, 0) is 49.2 Å². The van der Waals surface area contributed by atoms with Gasteiger partial charge in [-0.1, -0.05) is 23.7 Å². The maximum absolute atomic E-state index is 12.7. The first kappa shape index (κ1) is 13.4. The Balaban J connectivity index is 2.14. The molecule has 22 heavy (non-hydrogen) atoms. The van der Waals surface area contributed by atoms with Crippen LogP contribution in [0.1, 0.15) is 12.0 Å². The fourth-order valence-electron chi connectivity index (χ4n) is 3.00. The number of benzene rings is 2. The molecule has 2 aromatic carbocycles. The number of para-hydroxylation sites is 1. The summed E-state index contributed by atoms with van der Waals surface area (Å²) in [4.78, 5) is 12.7. The minimum Gasteiger partial charge on any atom is -0.478 e. The number of hydrogen-bond donors (Lipinski definition) is 0. The average molecular weight is 312 g/mol. The summed E-state index contributed by atoms with van der Waals surface area (Å²) in [6.45, 7) is 0.637. The Labute approximate surface area is 132 Å². The Bertz CT molecular complexity index is 913.